The van der Waals surface area contributed by atoms with Crippen LogP contribution in [0.1, 0.15) is 0 Å². The van der Waals surface area contributed by atoms with Crippen molar-refractivity contribution in [3.63, 3.8) is 0 Å². The summed E-state index contributed by atoms with van der Waals surface area (Å²) >= 11 is 0. The molecule has 0 aliphatic heterocycles. The van der Waals surface area contributed by atoms with Gasteiger partial charge < -0.3 is 17.2 Å². The van der Waals surface area contributed by atoms with Crippen molar-refractivity contribution in [3.05, 3.63) is 66.7 Å². The van der Waals surface area contributed by atoms with Gasteiger partial charge in [0.15, 0.2) is 0 Å². The molecule has 0 fully saturated rings. The van der Waals surface area contributed by atoms with E-state index in [9.17, 15) is 0 Å². The molecule has 3 heteroatoms. The molecule has 0 aromatic heterocycles. The minimum atomic E-state index is 0.440. The molecule has 0 saturated heterocycles. The molecule has 0 heterocycles. The summed E-state index contributed by atoms with van der Waals surface area (Å²) in [5.41, 5.74) is 23.6. The van der Waals surface area contributed by atoms with Crippen molar-refractivity contribution in [3.8, 4) is 22.3 Å². The van der Waals surface area contributed by atoms with Crippen LogP contribution in [0.15, 0.2) is 66.7 Å². The van der Waals surface area contributed by atoms with Crippen molar-refractivity contribution in [1.29, 1.82) is 0 Å². The van der Waals surface area contributed by atoms with Crippen LogP contribution in [0.2, 0.25) is 0 Å². The normalized spacial score (nSPS) is 10.5. The summed E-state index contributed by atoms with van der Waals surface area (Å²) in [4.78, 5) is 0. The van der Waals surface area contributed by atoms with Crippen LogP contribution >= 0.6 is 0 Å². The maximum atomic E-state index is 6.16. The molecule has 0 unspecified atom stereocenters. The summed E-state index contributed by atoms with van der Waals surface area (Å²) in [6, 6.07) is 22.1. The Morgan fingerprint density at radius 1 is 0.476 bits per heavy atom. The molecule has 0 radical (unpaired) electrons. The molecule has 3 nitrogen and oxygen atoms in total. The summed E-state index contributed by atoms with van der Waals surface area (Å²) in [6.07, 6.45) is 0. The first-order chi connectivity index (χ1) is 10.2. The smallest absolute Gasteiger partial charge is 0.0787 e. The van der Waals surface area contributed by atoms with Crippen LogP contribution in [0.5, 0.6) is 0 Å². The third kappa shape index (κ3) is 2.30. The quantitative estimate of drug-likeness (QED) is 0.623. The topological polar surface area (TPSA) is 78.1 Å². The highest BCUT2D eigenvalue weighted by atomic mass is 14.7. The Kier molecular flexibility index (Phi) is 3.24. The largest absolute Gasteiger partial charge is 0.397 e. The first kappa shape index (κ1) is 13.1. The molecule has 6 N–H and O–H groups in total. The molecule has 0 spiro atoms. The molecule has 0 aliphatic carbocycles. The van der Waals surface area contributed by atoms with Gasteiger partial charge in [-0.3, -0.25) is 0 Å². The third-order valence-electron chi connectivity index (χ3n) is 3.62. The van der Waals surface area contributed by atoms with Crippen LogP contribution in [0, 0.1) is 0 Å². The van der Waals surface area contributed by atoms with Gasteiger partial charge in [-0.2, -0.15) is 0 Å². The zero-order valence-corrected chi connectivity index (χ0v) is 11.6. The Hall–Kier alpha value is -2.94. The minimum absolute atomic E-state index is 0.440. The fraction of sp³-hybridized carbons (Fsp3) is 0. The predicted octanol–water partition coefficient (Wildman–Crippen LogP) is 3.77. The molecule has 3 aromatic rings. The summed E-state index contributed by atoms with van der Waals surface area (Å²) in [7, 11) is 0. The Bertz CT molecular complexity index is 780. The van der Waals surface area contributed by atoms with Crippen molar-refractivity contribution < 1.29 is 0 Å². The number of nitrogen functional groups attached to an aromatic ring is 3. The van der Waals surface area contributed by atoms with Gasteiger partial charge in [0.25, 0.3) is 0 Å². The first-order valence-electron chi connectivity index (χ1n) is 6.76. The van der Waals surface area contributed by atoms with E-state index < -0.39 is 0 Å². The van der Waals surface area contributed by atoms with Gasteiger partial charge in [-0.1, -0.05) is 60.7 Å². The standard InChI is InChI=1S/C18H17N3/c19-16-11-10-15(17(20)18(16)21)14-9-5-4-8-13(14)12-6-2-1-3-7-12/h1-11H,19-21H2. The zero-order valence-electron chi connectivity index (χ0n) is 11.6. The first-order valence-corrected chi connectivity index (χ1v) is 6.76. The Morgan fingerprint density at radius 3 is 1.81 bits per heavy atom. The van der Waals surface area contributed by atoms with Crippen molar-refractivity contribution in [2.45, 2.75) is 0 Å². The number of anilines is 3. The Morgan fingerprint density at radius 2 is 1.10 bits per heavy atom. The number of hydrogen-bond acceptors (Lipinski definition) is 3. The Labute approximate surface area is 124 Å². The SMILES string of the molecule is Nc1ccc(-c2ccccc2-c2ccccc2)c(N)c1N. The van der Waals surface area contributed by atoms with E-state index in [0.29, 0.717) is 17.1 Å². The fourth-order valence-corrected chi connectivity index (χ4v) is 2.48. The average molecular weight is 275 g/mol. The van der Waals surface area contributed by atoms with Gasteiger partial charge in [0.05, 0.1) is 17.1 Å². The minimum Gasteiger partial charge on any atom is -0.397 e. The van der Waals surface area contributed by atoms with Gasteiger partial charge in [0.1, 0.15) is 0 Å². The molecule has 21 heavy (non-hydrogen) atoms. The second-order valence-corrected chi connectivity index (χ2v) is 4.94. The highest BCUT2D eigenvalue weighted by Crippen LogP contribution is 2.38. The summed E-state index contributed by atoms with van der Waals surface area (Å²) in [5, 5.41) is 0. The van der Waals surface area contributed by atoms with E-state index in [1.165, 1.54) is 0 Å². The number of benzene rings is 3. The van der Waals surface area contributed by atoms with Gasteiger partial charge >= 0.3 is 0 Å². The molecule has 0 aliphatic rings. The van der Waals surface area contributed by atoms with Crippen LogP contribution in [0.3, 0.4) is 0 Å². The highest BCUT2D eigenvalue weighted by molar-refractivity contribution is 5.95. The van der Waals surface area contributed by atoms with E-state index in [1.54, 1.807) is 6.07 Å². The van der Waals surface area contributed by atoms with Crippen molar-refractivity contribution in [1.82, 2.24) is 0 Å². The molecule has 0 amide bonds. The van der Waals surface area contributed by atoms with Gasteiger partial charge in [-0.25, -0.2) is 0 Å². The maximum absolute atomic E-state index is 6.16. The van der Waals surface area contributed by atoms with E-state index in [2.05, 4.69) is 18.2 Å². The molecule has 104 valence electrons. The predicted molar refractivity (Wildman–Crippen MR) is 90.6 cm³/mol. The van der Waals surface area contributed by atoms with Gasteiger partial charge in [-0.05, 0) is 22.8 Å². The zero-order chi connectivity index (χ0) is 14.8. The molecular formula is C18H17N3. The Balaban J connectivity index is 2.23. The van der Waals surface area contributed by atoms with Crippen molar-refractivity contribution in [2.75, 3.05) is 17.2 Å². The third-order valence-corrected chi connectivity index (χ3v) is 3.62. The lowest BCUT2D eigenvalue weighted by Gasteiger charge is -2.14. The summed E-state index contributed by atoms with van der Waals surface area (Å²) in [6.45, 7) is 0. The van der Waals surface area contributed by atoms with Crippen LogP contribution in [0.4, 0.5) is 17.1 Å². The molecule has 0 saturated carbocycles. The van der Waals surface area contributed by atoms with Gasteiger partial charge in [0.2, 0.25) is 0 Å². The second kappa shape index (κ2) is 5.21. The number of rotatable bonds is 2. The number of hydrogen-bond donors (Lipinski definition) is 3. The van der Waals surface area contributed by atoms with E-state index >= 15 is 0 Å². The van der Waals surface area contributed by atoms with Crippen molar-refractivity contribution in [2.24, 2.45) is 0 Å². The molecular weight excluding hydrogens is 258 g/mol. The van der Waals surface area contributed by atoms with Gasteiger partial charge in [0, 0.05) is 5.56 Å². The van der Waals surface area contributed by atoms with Crippen molar-refractivity contribution >= 4 is 17.1 Å². The molecule has 0 bridgehead atoms. The maximum Gasteiger partial charge on any atom is 0.0787 e. The summed E-state index contributed by atoms with van der Waals surface area (Å²) in [5.74, 6) is 0. The molecule has 3 rings (SSSR count). The lowest BCUT2D eigenvalue weighted by molar-refractivity contribution is 1.57. The lowest BCUT2D eigenvalue weighted by Crippen LogP contribution is -2.02. The molecule has 3 aromatic carbocycles. The average Bonchev–Trinajstić information content (AvgIpc) is 2.54. The molecule has 0 atom stereocenters. The van der Waals surface area contributed by atoms with E-state index in [1.807, 2.05) is 42.5 Å². The fourth-order valence-electron chi connectivity index (χ4n) is 2.48. The van der Waals surface area contributed by atoms with Crippen LogP contribution in [0.25, 0.3) is 22.3 Å². The van der Waals surface area contributed by atoms with Crippen LogP contribution < -0.4 is 17.2 Å². The van der Waals surface area contributed by atoms with Crippen LogP contribution in [-0.2, 0) is 0 Å². The lowest BCUT2D eigenvalue weighted by atomic mass is 9.93. The van der Waals surface area contributed by atoms with E-state index in [-0.39, 0.29) is 0 Å². The van der Waals surface area contributed by atoms with Crippen LogP contribution in [-0.4, -0.2) is 0 Å². The second-order valence-electron chi connectivity index (χ2n) is 4.94. The van der Waals surface area contributed by atoms with E-state index in [4.69, 9.17) is 17.2 Å². The van der Waals surface area contributed by atoms with Gasteiger partial charge in [-0.15, -0.1) is 0 Å². The highest BCUT2D eigenvalue weighted by Gasteiger charge is 2.12. The summed E-state index contributed by atoms with van der Waals surface area (Å²) < 4.78 is 0. The monoisotopic (exact) mass is 275 g/mol. The van der Waals surface area contributed by atoms with E-state index in [0.717, 1.165) is 22.3 Å². The number of nitrogens with two attached hydrogens (primary N) is 3.